The van der Waals surface area contributed by atoms with Gasteiger partial charge in [0.05, 0.1) is 0 Å². The highest BCUT2D eigenvalue weighted by Crippen LogP contribution is 2.35. The van der Waals surface area contributed by atoms with E-state index in [0.717, 1.165) is 30.5 Å². The van der Waals surface area contributed by atoms with Gasteiger partial charge in [0.25, 0.3) is 5.91 Å². The van der Waals surface area contributed by atoms with Crippen LogP contribution in [0.5, 0.6) is 0 Å². The largest absolute Gasteiger partial charge is 0.479 e. The van der Waals surface area contributed by atoms with Gasteiger partial charge in [0.2, 0.25) is 0 Å². The zero-order valence-electron chi connectivity index (χ0n) is 9.77. The van der Waals surface area contributed by atoms with Gasteiger partial charge >= 0.3 is 5.97 Å². The Kier molecular flexibility index (Phi) is 2.88. The number of carbonyl (C=O) groups excluding carboxylic acids is 1. The maximum absolute atomic E-state index is 12.0. The molecule has 90 valence electrons. The Labute approximate surface area is 99.9 Å². The lowest BCUT2D eigenvalue weighted by Crippen LogP contribution is -2.40. The molecule has 1 heterocycles. The van der Waals surface area contributed by atoms with E-state index in [4.69, 9.17) is 5.11 Å². The Morgan fingerprint density at radius 1 is 1.53 bits per heavy atom. The van der Waals surface area contributed by atoms with Crippen LogP contribution in [0.4, 0.5) is 0 Å². The second kappa shape index (κ2) is 4.20. The van der Waals surface area contributed by atoms with E-state index < -0.39 is 12.0 Å². The Balaban J connectivity index is 2.40. The molecule has 1 N–H and O–H groups in total. The Bertz CT molecular complexity index is 459. The first-order valence-corrected chi connectivity index (χ1v) is 5.65. The normalized spacial score (nSPS) is 22.6. The molecule has 1 aliphatic heterocycles. The predicted molar refractivity (Wildman–Crippen MR) is 63.1 cm³/mol. The van der Waals surface area contributed by atoms with E-state index in [1.165, 1.54) is 4.90 Å². The number of carbonyl (C=O) groups is 2. The maximum Gasteiger partial charge on any atom is 0.330 e. The fourth-order valence-electron chi connectivity index (χ4n) is 2.25. The zero-order valence-corrected chi connectivity index (χ0v) is 9.77. The van der Waals surface area contributed by atoms with Gasteiger partial charge < -0.3 is 5.11 Å². The number of rotatable bonds is 2. The number of amides is 1. The second-order valence-electron chi connectivity index (χ2n) is 4.41. The summed E-state index contributed by atoms with van der Waals surface area (Å²) in [4.78, 5) is 24.5. The number of aliphatic carboxylic acids is 1. The monoisotopic (exact) mass is 233 g/mol. The van der Waals surface area contributed by atoms with E-state index in [1.54, 1.807) is 13.0 Å². The number of carboxylic acid groups (broad SMARTS) is 1. The van der Waals surface area contributed by atoms with Crippen LogP contribution < -0.4 is 0 Å². The Morgan fingerprint density at radius 3 is 2.82 bits per heavy atom. The molecule has 0 saturated heterocycles. The summed E-state index contributed by atoms with van der Waals surface area (Å²) < 4.78 is 0. The molecule has 0 spiro atoms. The SMILES string of the molecule is C=C(C)C(=O)N1C2=CCCCC2=CC1C(=O)O. The van der Waals surface area contributed by atoms with Crippen LogP contribution in [0, 0.1) is 0 Å². The molecule has 1 unspecified atom stereocenters. The van der Waals surface area contributed by atoms with Gasteiger partial charge in [-0.25, -0.2) is 4.79 Å². The van der Waals surface area contributed by atoms with Crippen molar-refractivity contribution in [3.05, 3.63) is 35.6 Å². The van der Waals surface area contributed by atoms with Crippen molar-refractivity contribution in [1.82, 2.24) is 4.90 Å². The standard InChI is InChI=1S/C13H15NO3/c1-8(2)12(15)14-10-6-4-3-5-9(10)7-11(14)13(16)17/h6-7,11H,1,3-5H2,2H3,(H,16,17). The molecule has 17 heavy (non-hydrogen) atoms. The van der Waals surface area contributed by atoms with Crippen LogP contribution in [0.15, 0.2) is 35.6 Å². The minimum Gasteiger partial charge on any atom is -0.479 e. The summed E-state index contributed by atoms with van der Waals surface area (Å²) in [6.45, 7) is 5.20. The molecule has 0 aromatic carbocycles. The summed E-state index contributed by atoms with van der Waals surface area (Å²) in [6.07, 6.45) is 6.36. The number of hydrogen-bond acceptors (Lipinski definition) is 2. The highest BCUT2D eigenvalue weighted by atomic mass is 16.4. The van der Waals surface area contributed by atoms with Crippen LogP contribution in [0.3, 0.4) is 0 Å². The van der Waals surface area contributed by atoms with Crippen molar-refractivity contribution in [3.63, 3.8) is 0 Å². The summed E-state index contributed by atoms with van der Waals surface area (Å²) in [5, 5.41) is 9.17. The molecule has 1 atom stereocenters. The number of fused-ring (bicyclic) bond motifs is 1. The van der Waals surface area contributed by atoms with Gasteiger partial charge in [0.1, 0.15) is 0 Å². The lowest BCUT2D eigenvalue weighted by molar-refractivity contribution is -0.144. The molecular weight excluding hydrogens is 218 g/mol. The first-order chi connectivity index (χ1) is 8.02. The summed E-state index contributed by atoms with van der Waals surface area (Å²) >= 11 is 0. The van der Waals surface area contributed by atoms with Gasteiger partial charge in [0, 0.05) is 11.3 Å². The minimum atomic E-state index is -0.998. The van der Waals surface area contributed by atoms with Crippen molar-refractivity contribution in [2.24, 2.45) is 0 Å². The minimum absolute atomic E-state index is 0.309. The zero-order chi connectivity index (χ0) is 12.6. The van der Waals surface area contributed by atoms with E-state index in [-0.39, 0.29) is 5.91 Å². The van der Waals surface area contributed by atoms with Crippen molar-refractivity contribution < 1.29 is 14.7 Å². The fraction of sp³-hybridized carbons (Fsp3) is 0.385. The molecule has 0 saturated carbocycles. The van der Waals surface area contributed by atoms with E-state index in [1.807, 2.05) is 6.08 Å². The van der Waals surface area contributed by atoms with Crippen LogP contribution in [0.1, 0.15) is 26.2 Å². The predicted octanol–water partition coefficient (Wildman–Crippen LogP) is 1.85. The van der Waals surface area contributed by atoms with E-state index in [0.29, 0.717) is 5.57 Å². The van der Waals surface area contributed by atoms with Crippen molar-refractivity contribution in [3.8, 4) is 0 Å². The van der Waals surface area contributed by atoms with Crippen LogP contribution in [0.2, 0.25) is 0 Å². The highest BCUT2D eigenvalue weighted by molar-refractivity contribution is 5.98. The molecule has 2 rings (SSSR count). The van der Waals surface area contributed by atoms with Crippen LogP contribution in [0.25, 0.3) is 0 Å². The molecule has 4 nitrogen and oxygen atoms in total. The van der Waals surface area contributed by atoms with E-state index in [2.05, 4.69) is 6.58 Å². The molecule has 0 aromatic rings. The first kappa shape index (κ1) is 11.6. The Morgan fingerprint density at radius 2 is 2.24 bits per heavy atom. The molecular formula is C13H15NO3. The lowest BCUT2D eigenvalue weighted by atomic mass is 9.99. The van der Waals surface area contributed by atoms with Gasteiger partial charge in [-0.3, -0.25) is 9.69 Å². The molecule has 2 aliphatic rings. The summed E-state index contributed by atoms with van der Waals surface area (Å²) in [5.41, 5.74) is 2.09. The van der Waals surface area contributed by atoms with E-state index in [9.17, 15) is 9.59 Å². The van der Waals surface area contributed by atoms with Crippen LogP contribution in [-0.4, -0.2) is 27.9 Å². The summed E-state index contributed by atoms with van der Waals surface area (Å²) in [5.74, 6) is -1.31. The molecule has 0 bridgehead atoms. The summed E-state index contributed by atoms with van der Waals surface area (Å²) in [7, 11) is 0. The average molecular weight is 233 g/mol. The van der Waals surface area contributed by atoms with Crippen molar-refractivity contribution in [2.45, 2.75) is 32.2 Å². The van der Waals surface area contributed by atoms with Crippen molar-refractivity contribution in [2.75, 3.05) is 0 Å². The molecule has 0 fully saturated rings. The number of nitrogens with zero attached hydrogens (tertiary/aromatic N) is 1. The Hall–Kier alpha value is -1.84. The maximum atomic E-state index is 12.0. The molecule has 1 aliphatic carbocycles. The number of hydrogen-bond donors (Lipinski definition) is 1. The molecule has 4 heteroatoms. The number of allylic oxidation sites excluding steroid dienone is 2. The average Bonchev–Trinajstić information content (AvgIpc) is 2.67. The van der Waals surface area contributed by atoms with Gasteiger partial charge in [-0.15, -0.1) is 0 Å². The third-order valence-electron chi connectivity index (χ3n) is 3.05. The van der Waals surface area contributed by atoms with Gasteiger partial charge in [-0.2, -0.15) is 0 Å². The lowest BCUT2D eigenvalue weighted by Gasteiger charge is -2.25. The first-order valence-electron chi connectivity index (χ1n) is 5.65. The van der Waals surface area contributed by atoms with Gasteiger partial charge in [-0.05, 0) is 37.8 Å². The topological polar surface area (TPSA) is 57.6 Å². The smallest absolute Gasteiger partial charge is 0.330 e. The third kappa shape index (κ3) is 1.90. The van der Waals surface area contributed by atoms with E-state index >= 15 is 0 Å². The molecule has 1 amide bonds. The van der Waals surface area contributed by atoms with Gasteiger partial charge in [0.15, 0.2) is 6.04 Å². The van der Waals surface area contributed by atoms with Gasteiger partial charge in [-0.1, -0.05) is 12.7 Å². The second-order valence-corrected chi connectivity index (χ2v) is 4.41. The summed E-state index contributed by atoms with van der Waals surface area (Å²) in [6, 6.07) is -0.876. The van der Waals surface area contributed by atoms with Crippen molar-refractivity contribution >= 4 is 11.9 Å². The number of carboxylic acids is 1. The third-order valence-corrected chi connectivity index (χ3v) is 3.05. The fourth-order valence-corrected chi connectivity index (χ4v) is 2.25. The molecule has 0 aromatic heterocycles. The van der Waals surface area contributed by atoms with Crippen molar-refractivity contribution in [1.29, 1.82) is 0 Å². The quantitative estimate of drug-likeness (QED) is 0.740. The molecule has 0 radical (unpaired) electrons. The van der Waals surface area contributed by atoms with Crippen LogP contribution >= 0.6 is 0 Å². The highest BCUT2D eigenvalue weighted by Gasteiger charge is 2.38. The van der Waals surface area contributed by atoms with Crippen LogP contribution in [-0.2, 0) is 9.59 Å².